The molecule has 35 heavy (non-hydrogen) atoms. The summed E-state index contributed by atoms with van der Waals surface area (Å²) in [5.74, 6) is -2.13. The van der Waals surface area contributed by atoms with Crippen LogP contribution in [-0.2, 0) is 19.2 Å². The molecular formula is C22H24N6O5S2. The first-order chi connectivity index (χ1) is 16.9. The number of aliphatic carboxylic acids is 1. The number of amides is 2. The number of hydrogen-bond acceptors (Lipinski definition) is 10. The largest absolute Gasteiger partial charge is 0.543 e. The fraction of sp³-hybridized carbons (Fsp3) is 0.409. The zero-order chi connectivity index (χ0) is 24.7. The van der Waals surface area contributed by atoms with Gasteiger partial charge in [-0.15, -0.1) is 23.1 Å². The number of fused-ring (bicyclic) bond motifs is 2. The number of nitrogens with two attached hydrogens (primary N) is 1. The molecule has 1 aromatic rings. The van der Waals surface area contributed by atoms with Crippen LogP contribution in [0.25, 0.3) is 0 Å². The van der Waals surface area contributed by atoms with Crippen molar-refractivity contribution in [3.63, 3.8) is 0 Å². The first-order valence-corrected chi connectivity index (χ1v) is 13.1. The number of aromatic nitrogens is 1. The van der Waals surface area contributed by atoms with Crippen LogP contribution in [-0.4, -0.2) is 70.2 Å². The number of thioether (sulfide) groups is 1. The summed E-state index contributed by atoms with van der Waals surface area (Å²) < 4.78 is 0. The van der Waals surface area contributed by atoms with Crippen molar-refractivity contribution < 1.29 is 29.2 Å². The Morgan fingerprint density at radius 2 is 2.29 bits per heavy atom. The predicted molar refractivity (Wildman–Crippen MR) is 128 cm³/mol. The van der Waals surface area contributed by atoms with Gasteiger partial charge in [-0.1, -0.05) is 11.2 Å². The summed E-state index contributed by atoms with van der Waals surface area (Å²) in [6.07, 6.45) is 9.46. The molecule has 4 atom stereocenters. The molecule has 2 fully saturated rings. The van der Waals surface area contributed by atoms with Crippen molar-refractivity contribution in [1.82, 2.24) is 15.2 Å². The first kappa shape index (κ1) is 23.6. The van der Waals surface area contributed by atoms with Gasteiger partial charge >= 0.3 is 0 Å². The van der Waals surface area contributed by atoms with Crippen LogP contribution < -0.4 is 21.1 Å². The van der Waals surface area contributed by atoms with Crippen molar-refractivity contribution in [2.45, 2.75) is 36.7 Å². The van der Waals surface area contributed by atoms with Crippen LogP contribution in [0.3, 0.4) is 0 Å². The predicted octanol–water partition coefficient (Wildman–Crippen LogP) is -1.63. The van der Waals surface area contributed by atoms with Crippen molar-refractivity contribution in [2.75, 3.05) is 25.1 Å². The number of carboxylic acid groups (broad SMARTS) is 1. The Balaban J connectivity index is 1.33. The average molecular weight is 517 g/mol. The maximum Gasteiger partial charge on any atom is 0.276 e. The lowest BCUT2D eigenvalue weighted by Crippen LogP contribution is -3.12. The number of thiazole rings is 1. The number of β-lactam (4-membered cyclic amide) rings is 1. The molecule has 13 heteroatoms. The van der Waals surface area contributed by atoms with Crippen molar-refractivity contribution >= 4 is 51.7 Å². The van der Waals surface area contributed by atoms with E-state index in [0.717, 1.165) is 30.6 Å². The van der Waals surface area contributed by atoms with Gasteiger partial charge in [0.15, 0.2) is 10.8 Å². The Hall–Kier alpha value is -3.16. The third kappa shape index (κ3) is 4.23. The van der Waals surface area contributed by atoms with Gasteiger partial charge in [0.05, 0.1) is 17.9 Å². The minimum Gasteiger partial charge on any atom is -0.543 e. The molecular weight excluding hydrogens is 492 g/mol. The second-order valence-corrected chi connectivity index (χ2v) is 10.6. The molecule has 5 rings (SSSR count). The number of nitrogens with one attached hydrogen (secondary N) is 2. The summed E-state index contributed by atoms with van der Waals surface area (Å²) >= 11 is 2.56. The summed E-state index contributed by atoms with van der Waals surface area (Å²) in [5.41, 5.74) is 7.72. The van der Waals surface area contributed by atoms with E-state index in [9.17, 15) is 19.5 Å². The SMILES string of the molecule is CO/N=C(\C(=O)N[C@@H]1C(=O)N2C(C(=O)[O-])=C(C[NH+]3C=CC=C4CCCC43)CS[C@H]12)c1csc(N)n1. The maximum atomic E-state index is 13.0. The zero-order valence-electron chi connectivity index (χ0n) is 18.9. The number of hydrogen-bond donors (Lipinski definition) is 3. The van der Waals surface area contributed by atoms with Gasteiger partial charge in [0.25, 0.3) is 11.8 Å². The number of nitrogen functional groups attached to an aromatic ring is 1. The number of carbonyl (C=O) groups excluding carboxylic acids is 3. The molecule has 2 unspecified atom stereocenters. The van der Waals surface area contributed by atoms with Crippen molar-refractivity contribution in [3.05, 3.63) is 46.3 Å². The van der Waals surface area contributed by atoms with Gasteiger partial charge in [-0.05, 0) is 24.5 Å². The molecule has 4 aliphatic rings. The van der Waals surface area contributed by atoms with E-state index in [0.29, 0.717) is 23.9 Å². The average Bonchev–Trinajstić information content (AvgIpc) is 3.49. The van der Waals surface area contributed by atoms with E-state index in [1.165, 1.54) is 34.2 Å². The van der Waals surface area contributed by atoms with Gasteiger partial charge in [-0.2, -0.15) is 0 Å². The summed E-state index contributed by atoms with van der Waals surface area (Å²) in [4.78, 5) is 49.2. The molecule has 0 radical (unpaired) electrons. The number of oxime groups is 1. The van der Waals surface area contributed by atoms with Gasteiger partial charge in [0.1, 0.15) is 36.8 Å². The number of carboxylic acids is 1. The highest BCUT2D eigenvalue weighted by molar-refractivity contribution is 8.00. The number of rotatable bonds is 7. The zero-order valence-corrected chi connectivity index (χ0v) is 20.5. The van der Waals surface area contributed by atoms with Crippen molar-refractivity contribution in [3.8, 4) is 0 Å². The lowest BCUT2D eigenvalue weighted by Gasteiger charge is -2.50. The highest BCUT2D eigenvalue weighted by Gasteiger charge is 2.53. The monoisotopic (exact) mass is 516 g/mol. The molecule has 1 aliphatic carbocycles. The van der Waals surface area contributed by atoms with E-state index in [1.54, 1.807) is 5.38 Å². The third-order valence-corrected chi connectivity index (χ3v) is 8.59. The van der Waals surface area contributed by atoms with E-state index < -0.39 is 29.2 Å². The summed E-state index contributed by atoms with van der Waals surface area (Å²) in [6.45, 7) is 0.484. The topological polar surface area (TPSA) is 154 Å². The van der Waals surface area contributed by atoms with E-state index in [-0.39, 0.29) is 22.2 Å². The van der Waals surface area contributed by atoms with E-state index in [2.05, 4.69) is 27.7 Å². The molecule has 2 amide bonds. The lowest BCUT2D eigenvalue weighted by atomic mass is 10.0. The van der Waals surface area contributed by atoms with Gasteiger partial charge in [-0.3, -0.25) is 19.4 Å². The van der Waals surface area contributed by atoms with Gasteiger partial charge < -0.3 is 25.8 Å². The maximum absolute atomic E-state index is 13.0. The minimum atomic E-state index is -1.38. The molecule has 0 spiro atoms. The fourth-order valence-corrected chi connectivity index (χ4v) is 6.94. The molecule has 3 aliphatic heterocycles. The molecule has 4 N–H and O–H groups in total. The summed E-state index contributed by atoms with van der Waals surface area (Å²) in [5, 5.41) is 19.8. The smallest absolute Gasteiger partial charge is 0.276 e. The Bertz CT molecular complexity index is 1200. The third-order valence-electron chi connectivity index (χ3n) is 6.58. The Morgan fingerprint density at radius 1 is 1.46 bits per heavy atom. The Kier molecular flexibility index (Phi) is 6.38. The Morgan fingerprint density at radius 3 is 3.00 bits per heavy atom. The number of carbonyl (C=O) groups is 3. The van der Waals surface area contributed by atoms with Gasteiger partial charge in [0, 0.05) is 23.1 Å². The number of nitrogens with zero attached hydrogens (tertiary/aromatic N) is 3. The molecule has 1 aromatic heterocycles. The molecule has 4 heterocycles. The summed E-state index contributed by atoms with van der Waals surface area (Å²) in [6, 6.07) is -0.566. The molecule has 0 bridgehead atoms. The van der Waals surface area contributed by atoms with Gasteiger partial charge in [0.2, 0.25) is 0 Å². The number of anilines is 1. The normalized spacial score (nSPS) is 27.7. The lowest BCUT2D eigenvalue weighted by molar-refractivity contribution is -0.863. The van der Waals surface area contributed by atoms with E-state index in [1.807, 2.05) is 6.08 Å². The molecule has 1 saturated heterocycles. The quantitative estimate of drug-likeness (QED) is 0.222. The standard InChI is InChI=1S/C22H24N6O5S2/c1-33-26-15(13-10-35-22(23)24-13)18(29)25-16-19(30)28-17(21(31)32)12(9-34-20(16)28)8-27-7-3-5-11-4-2-6-14(11)27/h3,5,7,10,14,16,20H,2,4,6,8-9H2,1H3,(H2,23,24)(H,25,29)(H,31,32)/b26-15-/t14?,16-,20-/m1/s1. The van der Waals surface area contributed by atoms with Crippen molar-refractivity contribution in [1.29, 1.82) is 0 Å². The van der Waals surface area contributed by atoms with Crippen LogP contribution in [0, 0.1) is 0 Å². The molecule has 1 saturated carbocycles. The van der Waals surface area contributed by atoms with Crippen LogP contribution in [0.5, 0.6) is 0 Å². The van der Waals surface area contributed by atoms with Gasteiger partial charge in [-0.25, -0.2) is 4.98 Å². The highest BCUT2D eigenvalue weighted by atomic mass is 32.2. The number of allylic oxidation sites excluding steroid dienone is 2. The summed E-state index contributed by atoms with van der Waals surface area (Å²) in [7, 11) is 1.29. The van der Waals surface area contributed by atoms with Crippen LogP contribution in [0.4, 0.5) is 5.13 Å². The van der Waals surface area contributed by atoms with E-state index in [4.69, 9.17) is 10.6 Å². The second kappa shape index (κ2) is 9.47. The first-order valence-electron chi connectivity index (χ1n) is 11.1. The van der Waals surface area contributed by atoms with Crippen LogP contribution in [0.1, 0.15) is 25.0 Å². The second-order valence-electron chi connectivity index (χ2n) is 8.59. The molecule has 11 nitrogen and oxygen atoms in total. The fourth-order valence-electron chi connectivity index (χ4n) is 5.04. The molecule has 184 valence electrons. The van der Waals surface area contributed by atoms with E-state index >= 15 is 0 Å². The van der Waals surface area contributed by atoms with Crippen LogP contribution in [0.15, 0.2) is 45.7 Å². The number of quaternary nitrogens is 1. The highest BCUT2D eigenvalue weighted by Crippen LogP contribution is 2.40. The molecule has 0 aromatic carbocycles. The van der Waals surface area contributed by atoms with Crippen LogP contribution in [0.2, 0.25) is 0 Å². The van der Waals surface area contributed by atoms with Crippen molar-refractivity contribution in [2.24, 2.45) is 5.16 Å². The minimum absolute atomic E-state index is 0.0858. The Labute approximate surface area is 209 Å². The van der Waals surface area contributed by atoms with Crippen LogP contribution >= 0.6 is 23.1 Å².